The number of amides is 1. The van der Waals surface area contributed by atoms with E-state index in [2.05, 4.69) is 9.97 Å². The molecule has 116 valence electrons. The Hall–Kier alpha value is -1.73. The molecule has 0 aromatic carbocycles. The van der Waals surface area contributed by atoms with Crippen molar-refractivity contribution >= 4 is 5.91 Å². The molecule has 2 heterocycles. The number of aromatic amines is 1. The van der Waals surface area contributed by atoms with Gasteiger partial charge in [0, 0.05) is 31.8 Å². The van der Waals surface area contributed by atoms with Gasteiger partial charge in [0.25, 0.3) is 11.5 Å². The molecular weight excluding hydrogens is 274 g/mol. The lowest BCUT2D eigenvalue weighted by Crippen LogP contribution is -2.60. The van der Waals surface area contributed by atoms with Gasteiger partial charge in [-0.05, 0) is 6.42 Å². The minimum Gasteiger partial charge on any atom is -0.387 e. The van der Waals surface area contributed by atoms with Gasteiger partial charge in [0.2, 0.25) is 0 Å². The zero-order valence-corrected chi connectivity index (χ0v) is 12.5. The maximum atomic E-state index is 12.4. The number of ether oxygens (including phenoxy) is 1. The van der Waals surface area contributed by atoms with Crippen molar-refractivity contribution < 1.29 is 14.6 Å². The Bertz CT molecular complexity index is 563. The van der Waals surface area contributed by atoms with Crippen LogP contribution >= 0.6 is 0 Å². The van der Waals surface area contributed by atoms with Crippen LogP contribution in [0.4, 0.5) is 0 Å². The maximum absolute atomic E-state index is 12.4. The van der Waals surface area contributed by atoms with E-state index in [0.29, 0.717) is 19.5 Å². The van der Waals surface area contributed by atoms with E-state index in [9.17, 15) is 14.7 Å². The molecule has 0 spiro atoms. The fourth-order valence-corrected chi connectivity index (χ4v) is 2.66. The maximum Gasteiger partial charge on any atom is 0.273 e. The van der Waals surface area contributed by atoms with Crippen LogP contribution in [0.2, 0.25) is 0 Å². The second-order valence-electron chi connectivity index (χ2n) is 6.12. The third-order valence-corrected chi connectivity index (χ3v) is 4.20. The molecule has 21 heavy (non-hydrogen) atoms. The number of rotatable bonds is 3. The number of nitrogens with zero attached hydrogens (tertiary/aromatic N) is 2. The van der Waals surface area contributed by atoms with Gasteiger partial charge in [-0.15, -0.1) is 0 Å². The average molecular weight is 295 g/mol. The Kier molecular flexibility index (Phi) is 4.15. The zero-order chi connectivity index (χ0) is 15.7. The van der Waals surface area contributed by atoms with E-state index >= 15 is 0 Å². The number of aliphatic hydroxyl groups is 1. The molecule has 1 saturated heterocycles. The molecule has 1 amide bonds. The summed E-state index contributed by atoms with van der Waals surface area (Å²) in [6, 6.07) is 0. The minimum absolute atomic E-state index is 0.197. The van der Waals surface area contributed by atoms with E-state index in [1.54, 1.807) is 12.0 Å². The lowest BCUT2D eigenvalue weighted by molar-refractivity contribution is -0.144. The standard InChI is InChI=1S/C14H21N3O4/c1-13(2)8-17(5-4-14(13,20)9-21-3)12(19)10-6-16-11(18)7-15-10/h6-7,20H,4-5,8-9H2,1-3H3,(H,16,18). The topological polar surface area (TPSA) is 95.5 Å². The molecule has 2 rings (SSSR count). The lowest BCUT2D eigenvalue weighted by atomic mass is 9.70. The second-order valence-corrected chi connectivity index (χ2v) is 6.12. The van der Waals surface area contributed by atoms with Crippen LogP contribution in [-0.4, -0.2) is 58.3 Å². The van der Waals surface area contributed by atoms with Gasteiger partial charge in [-0.1, -0.05) is 13.8 Å². The number of methoxy groups -OCH3 is 1. The zero-order valence-electron chi connectivity index (χ0n) is 12.5. The quantitative estimate of drug-likeness (QED) is 0.819. The average Bonchev–Trinajstić information content (AvgIpc) is 2.42. The first kappa shape index (κ1) is 15.7. The molecule has 2 N–H and O–H groups in total. The van der Waals surface area contributed by atoms with Crippen LogP contribution in [0.5, 0.6) is 0 Å². The third kappa shape index (κ3) is 2.98. The van der Waals surface area contributed by atoms with Gasteiger partial charge in [-0.25, -0.2) is 4.98 Å². The predicted octanol–water partition coefficient (Wildman–Crippen LogP) is 0.0195. The van der Waals surface area contributed by atoms with E-state index in [0.717, 1.165) is 6.20 Å². The first-order chi connectivity index (χ1) is 9.79. The van der Waals surface area contributed by atoms with Gasteiger partial charge in [0.15, 0.2) is 0 Å². The molecule has 0 radical (unpaired) electrons. The van der Waals surface area contributed by atoms with Crippen molar-refractivity contribution in [1.82, 2.24) is 14.9 Å². The molecular formula is C14H21N3O4. The summed E-state index contributed by atoms with van der Waals surface area (Å²) in [4.78, 5) is 31.3. The number of H-pyrrole nitrogens is 1. The number of likely N-dealkylation sites (tertiary alicyclic amines) is 1. The Balaban J connectivity index is 2.16. The fraction of sp³-hybridized carbons (Fsp3) is 0.643. The number of carbonyl (C=O) groups excluding carboxylic acids is 1. The molecule has 1 aliphatic heterocycles. The highest BCUT2D eigenvalue weighted by Gasteiger charge is 2.48. The smallest absolute Gasteiger partial charge is 0.273 e. The van der Waals surface area contributed by atoms with Crippen molar-refractivity contribution in [3.05, 3.63) is 28.4 Å². The molecule has 0 saturated carbocycles. The van der Waals surface area contributed by atoms with Crippen LogP contribution in [0.3, 0.4) is 0 Å². The Morgan fingerprint density at radius 3 is 2.81 bits per heavy atom. The van der Waals surface area contributed by atoms with Crippen LogP contribution in [0.25, 0.3) is 0 Å². The molecule has 1 aliphatic rings. The monoisotopic (exact) mass is 295 g/mol. The van der Waals surface area contributed by atoms with Crippen molar-refractivity contribution in [2.45, 2.75) is 25.9 Å². The SMILES string of the molecule is COCC1(O)CCN(C(=O)c2c[nH]c(=O)cn2)CC1(C)C. The summed E-state index contributed by atoms with van der Waals surface area (Å²) in [5, 5.41) is 10.7. The number of hydrogen-bond donors (Lipinski definition) is 2. The van der Waals surface area contributed by atoms with Gasteiger partial charge < -0.3 is 19.7 Å². The van der Waals surface area contributed by atoms with Crippen LogP contribution < -0.4 is 5.56 Å². The molecule has 1 atom stereocenters. The van der Waals surface area contributed by atoms with Crippen molar-refractivity contribution in [3.8, 4) is 0 Å². The van der Waals surface area contributed by atoms with E-state index in [1.165, 1.54) is 6.20 Å². The molecule has 0 bridgehead atoms. The van der Waals surface area contributed by atoms with Crippen molar-refractivity contribution in [2.24, 2.45) is 5.41 Å². The first-order valence-corrected chi connectivity index (χ1v) is 6.84. The highest BCUT2D eigenvalue weighted by atomic mass is 16.5. The number of nitrogens with one attached hydrogen (secondary N) is 1. The number of hydrogen-bond acceptors (Lipinski definition) is 5. The van der Waals surface area contributed by atoms with Crippen molar-refractivity contribution in [3.63, 3.8) is 0 Å². The largest absolute Gasteiger partial charge is 0.387 e. The number of piperidine rings is 1. The summed E-state index contributed by atoms with van der Waals surface area (Å²) >= 11 is 0. The highest BCUT2D eigenvalue weighted by Crippen LogP contribution is 2.39. The van der Waals surface area contributed by atoms with Gasteiger partial charge in [-0.2, -0.15) is 0 Å². The molecule has 1 aromatic rings. The van der Waals surface area contributed by atoms with Crippen LogP contribution in [0, 0.1) is 5.41 Å². The highest BCUT2D eigenvalue weighted by molar-refractivity contribution is 5.92. The fourth-order valence-electron chi connectivity index (χ4n) is 2.66. The van der Waals surface area contributed by atoms with Gasteiger partial charge in [0.1, 0.15) is 5.69 Å². The molecule has 7 nitrogen and oxygen atoms in total. The Labute approximate surface area is 123 Å². The van der Waals surface area contributed by atoms with Gasteiger partial charge in [-0.3, -0.25) is 9.59 Å². The van der Waals surface area contributed by atoms with Crippen LogP contribution in [0.1, 0.15) is 30.8 Å². The number of aromatic nitrogens is 2. The molecule has 0 aliphatic carbocycles. The molecule has 1 aromatic heterocycles. The van der Waals surface area contributed by atoms with E-state index in [1.807, 2.05) is 13.8 Å². The Morgan fingerprint density at radius 2 is 2.29 bits per heavy atom. The Morgan fingerprint density at radius 1 is 1.57 bits per heavy atom. The van der Waals surface area contributed by atoms with E-state index in [4.69, 9.17) is 4.74 Å². The molecule has 1 fully saturated rings. The summed E-state index contributed by atoms with van der Waals surface area (Å²) in [5.74, 6) is -0.251. The van der Waals surface area contributed by atoms with Crippen molar-refractivity contribution in [2.75, 3.05) is 26.8 Å². The lowest BCUT2D eigenvalue weighted by Gasteiger charge is -2.49. The predicted molar refractivity (Wildman–Crippen MR) is 76.0 cm³/mol. The first-order valence-electron chi connectivity index (χ1n) is 6.84. The summed E-state index contributed by atoms with van der Waals surface area (Å²) in [6.07, 6.45) is 2.83. The normalized spacial score (nSPS) is 24.9. The minimum atomic E-state index is -0.961. The third-order valence-electron chi connectivity index (χ3n) is 4.20. The molecule has 7 heteroatoms. The van der Waals surface area contributed by atoms with Crippen molar-refractivity contribution in [1.29, 1.82) is 0 Å². The van der Waals surface area contributed by atoms with E-state index < -0.39 is 11.0 Å². The summed E-state index contributed by atoms with van der Waals surface area (Å²) in [7, 11) is 1.55. The van der Waals surface area contributed by atoms with Gasteiger partial charge >= 0.3 is 0 Å². The summed E-state index contributed by atoms with van der Waals surface area (Å²) in [6.45, 7) is 4.87. The molecule has 1 unspecified atom stereocenters. The second kappa shape index (κ2) is 5.57. The summed E-state index contributed by atoms with van der Waals surface area (Å²) in [5.41, 5.74) is -1.61. The summed E-state index contributed by atoms with van der Waals surface area (Å²) < 4.78 is 5.11. The van der Waals surface area contributed by atoms with Crippen LogP contribution in [-0.2, 0) is 4.74 Å². The van der Waals surface area contributed by atoms with Gasteiger partial charge in [0.05, 0.1) is 18.4 Å². The van der Waals surface area contributed by atoms with E-state index in [-0.39, 0.29) is 23.8 Å². The number of carbonyl (C=O) groups is 1. The van der Waals surface area contributed by atoms with Crippen LogP contribution in [0.15, 0.2) is 17.2 Å².